The van der Waals surface area contributed by atoms with Gasteiger partial charge in [0.2, 0.25) is 11.6 Å². The maximum Gasteiger partial charge on any atom is 0.414 e. The molecule has 0 aromatic rings. The minimum Gasteiger partial charge on any atom is -0.465 e. The van der Waals surface area contributed by atoms with Crippen LogP contribution in [0.3, 0.4) is 0 Å². The standard InChI is InChI=1S/C10H20NO5PS2/c1-5-15-17(18,16-6-2)19-7-9(12)11(8(3)4)10(13)14/h8H,5-7H2,1-4H3,(H,13,14). The van der Waals surface area contributed by atoms with Gasteiger partial charge >= 0.3 is 6.09 Å². The van der Waals surface area contributed by atoms with Gasteiger partial charge in [-0.3, -0.25) is 4.79 Å². The van der Waals surface area contributed by atoms with E-state index in [0.717, 1.165) is 16.3 Å². The lowest BCUT2D eigenvalue weighted by molar-refractivity contribution is -0.127. The van der Waals surface area contributed by atoms with E-state index < -0.39 is 23.7 Å². The summed E-state index contributed by atoms with van der Waals surface area (Å²) in [6, 6.07) is -0.414. The van der Waals surface area contributed by atoms with Gasteiger partial charge in [-0.1, -0.05) is 11.4 Å². The molecule has 0 aromatic carbocycles. The fourth-order valence-electron chi connectivity index (χ4n) is 1.25. The molecule has 0 fully saturated rings. The summed E-state index contributed by atoms with van der Waals surface area (Å²) in [7, 11) is 0. The molecule has 0 radical (unpaired) electrons. The predicted molar refractivity (Wildman–Crippen MR) is 80.0 cm³/mol. The average Bonchev–Trinajstić information content (AvgIpc) is 2.26. The van der Waals surface area contributed by atoms with Gasteiger partial charge in [0.1, 0.15) is 0 Å². The largest absolute Gasteiger partial charge is 0.465 e. The fraction of sp³-hybridized carbons (Fsp3) is 0.800. The van der Waals surface area contributed by atoms with E-state index in [0.29, 0.717) is 13.2 Å². The van der Waals surface area contributed by atoms with Crippen LogP contribution in [-0.4, -0.2) is 47.0 Å². The van der Waals surface area contributed by atoms with Crippen molar-refractivity contribution in [2.24, 2.45) is 0 Å². The Bertz CT molecular complexity index is 354. The van der Waals surface area contributed by atoms with E-state index in [9.17, 15) is 9.59 Å². The first-order valence-electron chi connectivity index (χ1n) is 5.86. The van der Waals surface area contributed by atoms with Crippen LogP contribution >= 0.6 is 17.1 Å². The lowest BCUT2D eigenvalue weighted by Gasteiger charge is -2.23. The summed E-state index contributed by atoms with van der Waals surface area (Å²) in [5, 5.41) is 8.97. The van der Waals surface area contributed by atoms with Crippen molar-refractivity contribution in [2.75, 3.05) is 19.0 Å². The number of nitrogens with zero attached hydrogens (tertiary/aromatic N) is 1. The molecule has 0 saturated heterocycles. The number of amides is 2. The van der Waals surface area contributed by atoms with Crippen LogP contribution in [-0.2, 0) is 25.6 Å². The quantitative estimate of drug-likeness (QED) is 0.686. The molecule has 0 aliphatic heterocycles. The summed E-state index contributed by atoms with van der Waals surface area (Å²) in [5.74, 6) is -0.581. The fourth-order valence-corrected chi connectivity index (χ4v) is 5.50. The first kappa shape index (κ1) is 18.9. The Morgan fingerprint density at radius 3 is 2.11 bits per heavy atom. The van der Waals surface area contributed by atoms with Gasteiger partial charge in [0.05, 0.1) is 19.0 Å². The zero-order chi connectivity index (χ0) is 15.1. The molecule has 0 aromatic heterocycles. The van der Waals surface area contributed by atoms with E-state index in [1.54, 1.807) is 27.7 Å². The van der Waals surface area contributed by atoms with E-state index in [4.69, 9.17) is 26.0 Å². The first-order valence-corrected chi connectivity index (χ1v) is 10.1. The van der Waals surface area contributed by atoms with Crippen molar-refractivity contribution in [2.45, 2.75) is 33.7 Å². The zero-order valence-corrected chi connectivity index (χ0v) is 14.0. The van der Waals surface area contributed by atoms with Crippen LogP contribution in [0, 0.1) is 0 Å². The molecule has 0 rings (SSSR count). The smallest absolute Gasteiger partial charge is 0.414 e. The van der Waals surface area contributed by atoms with E-state index in [-0.39, 0.29) is 5.75 Å². The topological polar surface area (TPSA) is 76.1 Å². The normalized spacial score (nSPS) is 11.6. The van der Waals surface area contributed by atoms with Crippen molar-refractivity contribution >= 4 is 40.9 Å². The van der Waals surface area contributed by atoms with Crippen LogP contribution in [0.5, 0.6) is 0 Å². The van der Waals surface area contributed by atoms with Crippen LogP contribution in [0.4, 0.5) is 4.79 Å². The number of carbonyl (C=O) groups is 2. The molecule has 0 atom stereocenters. The van der Waals surface area contributed by atoms with Crippen molar-refractivity contribution in [3.63, 3.8) is 0 Å². The molecule has 0 unspecified atom stereocenters. The van der Waals surface area contributed by atoms with Gasteiger partial charge in [0, 0.05) is 6.04 Å². The molecule has 0 aliphatic carbocycles. The minimum absolute atomic E-state index is 0.0677. The second kappa shape index (κ2) is 8.92. The molecule has 0 bridgehead atoms. The summed E-state index contributed by atoms with van der Waals surface area (Å²) in [6.45, 7) is 7.65. The van der Waals surface area contributed by atoms with Crippen LogP contribution in [0.1, 0.15) is 27.7 Å². The number of carbonyl (C=O) groups excluding carboxylic acids is 1. The number of imide groups is 1. The first-order chi connectivity index (χ1) is 8.77. The molecule has 1 N–H and O–H groups in total. The van der Waals surface area contributed by atoms with Gasteiger partial charge in [-0.15, -0.1) is 0 Å². The van der Waals surface area contributed by atoms with Crippen molar-refractivity contribution in [3.8, 4) is 0 Å². The minimum atomic E-state index is -2.56. The summed E-state index contributed by atoms with van der Waals surface area (Å²) in [5.41, 5.74) is -2.56. The maximum absolute atomic E-state index is 11.9. The van der Waals surface area contributed by atoms with Crippen molar-refractivity contribution in [1.29, 1.82) is 0 Å². The van der Waals surface area contributed by atoms with Gasteiger partial charge in [0.25, 0.3) is 0 Å². The number of rotatable bonds is 8. The van der Waals surface area contributed by atoms with Gasteiger partial charge in [-0.25, -0.2) is 9.69 Å². The Morgan fingerprint density at radius 2 is 1.79 bits per heavy atom. The van der Waals surface area contributed by atoms with Gasteiger partial charge < -0.3 is 14.2 Å². The molecular weight excluding hydrogens is 309 g/mol. The van der Waals surface area contributed by atoms with E-state index in [1.807, 2.05) is 0 Å². The van der Waals surface area contributed by atoms with Crippen LogP contribution in [0.2, 0.25) is 0 Å². The van der Waals surface area contributed by atoms with E-state index in [2.05, 4.69) is 0 Å². The van der Waals surface area contributed by atoms with Crippen LogP contribution < -0.4 is 0 Å². The highest BCUT2D eigenvalue weighted by Gasteiger charge is 2.27. The highest BCUT2D eigenvalue weighted by atomic mass is 32.9. The summed E-state index contributed by atoms with van der Waals surface area (Å²) >= 11 is 6.32. The molecule has 0 spiro atoms. The average molecular weight is 329 g/mol. The van der Waals surface area contributed by atoms with Crippen LogP contribution in [0.25, 0.3) is 0 Å². The molecule has 112 valence electrons. The van der Waals surface area contributed by atoms with Crippen LogP contribution in [0.15, 0.2) is 0 Å². The Kier molecular flexibility index (Phi) is 8.85. The third kappa shape index (κ3) is 6.72. The summed E-state index contributed by atoms with van der Waals surface area (Å²) in [4.78, 5) is 23.6. The second-order valence-corrected chi connectivity index (χ2v) is 10.0. The summed E-state index contributed by atoms with van der Waals surface area (Å²) in [6.07, 6.45) is -1.26. The van der Waals surface area contributed by atoms with Crippen molar-refractivity contribution in [1.82, 2.24) is 4.90 Å². The van der Waals surface area contributed by atoms with E-state index >= 15 is 0 Å². The molecule has 19 heavy (non-hydrogen) atoms. The Balaban J connectivity index is 4.63. The Hall–Kier alpha value is -0.140. The van der Waals surface area contributed by atoms with Gasteiger partial charge in [-0.05, 0) is 39.5 Å². The SMILES string of the molecule is CCOP(=S)(OCC)SCC(=O)N(C(=O)O)C(C)C. The molecule has 0 heterocycles. The third-order valence-corrected chi connectivity index (χ3v) is 7.30. The van der Waals surface area contributed by atoms with Gasteiger partial charge in [-0.2, -0.15) is 0 Å². The lowest BCUT2D eigenvalue weighted by Crippen LogP contribution is -2.42. The van der Waals surface area contributed by atoms with E-state index in [1.165, 1.54) is 0 Å². The summed E-state index contributed by atoms with van der Waals surface area (Å²) < 4.78 is 10.7. The number of hydrogen-bond donors (Lipinski definition) is 1. The molecule has 6 nitrogen and oxygen atoms in total. The lowest BCUT2D eigenvalue weighted by atomic mass is 10.3. The predicted octanol–water partition coefficient (Wildman–Crippen LogP) is 2.93. The number of hydrogen-bond acceptors (Lipinski definition) is 6. The number of carboxylic acid groups (broad SMARTS) is 1. The monoisotopic (exact) mass is 329 g/mol. The Morgan fingerprint density at radius 1 is 1.32 bits per heavy atom. The maximum atomic E-state index is 11.9. The highest BCUT2D eigenvalue weighted by Crippen LogP contribution is 2.60. The second-order valence-electron chi connectivity index (χ2n) is 3.70. The molecule has 9 heteroatoms. The zero-order valence-electron chi connectivity index (χ0n) is 11.5. The molecule has 0 saturated carbocycles. The molecular formula is C10H20NO5PS2. The van der Waals surface area contributed by atoms with Gasteiger partial charge in [0.15, 0.2) is 0 Å². The van der Waals surface area contributed by atoms with Crippen molar-refractivity contribution < 1.29 is 23.7 Å². The third-order valence-electron chi connectivity index (χ3n) is 1.91. The van der Waals surface area contributed by atoms with Crippen molar-refractivity contribution in [3.05, 3.63) is 0 Å². The molecule has 2 amide bonds. The Labute approximate surface area is 122 Å². The highest BCUT2D eigenvalue weighted by molar-refractivity contribution is 8.68. The molecule has 0 aliphatic rings.